The molecule has 1 aromatic carbocycles. The lowest BCUT2D eigenvalue weighted by atomic mass is 9.80. The van der Waals surface area contributed by atoms with E-state index in [-0.39, 0.29) is 13.2 Å². The van der Waals surface area contributed by atoms with Crippen molar-refractivity contribution < 1.29 is 42.7 Å². The van der Waals surface area contributed by atoms with Crippen LogP contribution in [0.5, 0.6) is 0 Å². The Balaban J connectivity index is 2.21. The van der Waals surface area contributed by atoms with Crippen molar-refractivity contribution in [3.05, 3.63) is 35.9 Å². The highest BCUT2D eigenvalue weighted by atomic mass is 16.7. The minimum Gasteiger partial charge on any atom is -0.458 e. The normalized spacial score (nSPS) is 17.7. The van der Waals surface area contributed by atoms with Crippen LogP contribution in [-0.4, -0.2) is 72.2 Å². The predicted octanol–water partition coefficient (Wildman–Crippen LogP) is 5.14. The highest BCUT2D eigenvalue weighted by Gasteiger charge is 2.50. The number of esters is 1. The van der Waals surface area contributed by atoms with Gasteiger partial charge in [0, 0.05) is 12.5 Å². The first-order valence-corrected chi connectivity index (χ1v) is 15.9. The van der Waals surface area contributed by atoms with Crippen molar-refractivity contribution in [3.8, 4) is 0 Å². The van der Waals surface area contributed by atoms with Crippen molar-refractivity contribution in [3.63, 3.8) is 0 Å². The van der Waals surface area contributed by atoms with Crippen LogP contribution >= 0.6 is 0 Å². The lowest BCUT2D eigenvalue weighted by molar-refractivity contribution is -0.159. The summed E-state index contributed by atoms with van der Waals surface area (Å²) < 4.78 is 28.6. The Morgan fingerprint density at radius 1 is 0.848 bits per heavy atom. The van der Waals surface area contributed by atoms with Crippen molar-refractivity contribution in [2.24, 2.45) is 5.92 Å². The van der Waals surface area contributed by atoms with Crippen molar-refractivity contribution in [2.75, 3.05) is 6.54 Å². The van der Waals surface area contributed by atoms with Gasteiger partial charge in [0.05, 0.1) is 11.2 Å². The van der Waals surface area contributed by atoms with Crippen LogP contribution in [0.4, 0.5) is 9.59 Å². The number of rotatable bonds is 13. The average molecular weight is 648 g/mol. The van der Waals surface area contributed by atoms with Crippen LogP contribution in [0.15, 0.2) is 30.3 Å². The molecular formula is C33H54BN3O9. The zero-order valence-electron chi connectivity index (χ0n) is 29.4. The topological polar surface area (TPSA) is 151 Å². The number of amides is 3. The molecule has 3 N–H and O–H groups in total. The van der Waals surface area contributed by atoms with Crippen LogP contribution < -0.4 is 16.0 Å². The van der Waals surface area contributed by atoms with E-state index in [9.17, 15) is 19.2 Å². The fourth-order valence-electron chi connectivity index (χ4n) is 4.58. The first kappa shape index (κ1) is 38.9. The maximum absolute atomic E-state index is 13.5. The largest absolute Gasteiger partial charge is 0.458 e. The number of carbonyl (C=O) groups excluding carboxylic acids is 4. The predicted molar refractivity (Wildman–Crippen MR) is 175 cm³/mol. The van der Waals surface area contributed by atoms with E-state index in [2.05, 4.69) is 16.0 Å². The van der Waals surface area contributed by atoms with Gasteiger partial charge in [-0.3, -0.25) is 4.79 Å². The third-order valence-corrected chi connectivity index (χ3v) is 7.60. The molecule has 0 saturated carbocycles. The highest BCUT2D eigenvalue weighted by Crippen LogP contribution is 2.38. The van der Waals surface area contributed by atoms with E-state index >= 15 is 0 Å². The first-order valence-electron chi connectivity index (χ1n) is 15.9. The quantitative estimate of drug-likeness (QED) is 0.150. The number of carbonyl (C=O) groups is 4. The van der Waals surface area contributed by atoms with E-state index in [1.165, 1.54) is 6.92 Å². The lowest BCUT2D eigenvalue weighted by Gasteiger charge is -2.32. The Kier molecular flexibility index (Phi) is 13.5. The molecule has 258 valence electrons. The molecule has 1 aromatic rings. The highest BCUT2D eigenvalue weighted by molar-refractivity contribution is 6.45. The molecular weight excluding hydrogens is 593 g/mol. The van der Waals surface area contributed by atoms with Crippen LogP contribution in [0.2, 0.25) is 6.32 Å². The summed E-state index contributed by atoms with van der Waals surface area (Å²) in [6.07, 6.45) is -0.0806. The molecule has 1 aliphatic heterocycles. The Labute approximate surface area is 274 Å². The van der Waals surface area contributed by atoms with E-state index in [1.807, 2.05) is 58.0 Å². The molecule has 3 atom stereocenters. The molecule has 1 saturated heterocycles. The summed E-state index contributed by atoms with van der Waals surface area (Å²) in [5.41, 5.74) is -1.78. The van der Waals surface area contributed by atoms with Crippen molar-refractivity contribution >= 4 is 31.2 Å². The first-order chi connectivity index (χ1) is 21.1. The third kappa shape index (κ3) is 13.2. The Bertz CT molecular complexity index is 1160. The molecule has 0 spiro atoms. The summed E-state index contributed by atoms with van der Waals surface area (Å²) in [5.74, 6) is -1.77. The van der Waals surface area contributed by atoms with Gasteiger partial charge in [-0.05, 0) is 94.5 Å². The second kappa shape index (κ2) is 16.0. The number of alkyl carbamates (subject to hydrolysis) is 2. The SMILES string of the molecule is C[C@H](NC(=O)OC(C)(C)C)C(=O)NC[C@H](CCCB1OC(C)(C)C(C)(C)O1)[C@H](NC(=O)OCc1ccccc1)C(=O)OC(C)(C)C. The van der Waals surface area contributed by atoms with Gasteiger partial charge in [-0.2, -0.15) is 0 Å². The summed E-state index contributed by atoms with van der Waals surface area (Å²) in [4.78, 5) is 51.8. The number of hydrogen-bond donors (Lipinski definition) is 3. The molecule has 0 bridgehead atoms. The Morgan fingerprint density at radius 2 is 1.41 bits per heavy atom. The third-order valence-electron chi connectivity index (χ3n) is 7.60. The summed E-state index contributed by atoms with van der Waals surface area (Å²) in [6.45, 7) is 19.8. The summed E-state index contributed by atoms with van der Waals surface area (Å²) in [6, 6.07) is 7.07. The van der Waals surface area contributed by atoms with Gasteiger partial charge >= 0.3 is 25.3 Å². The molecule has 46 heavy (non-hydrogen) atoms. The number of nitrogens with one attached hydrogen (secondary N) is 3. The zero-order chi connectivity index (χ0) is 34.9. The maximum Gasteiger partial charge on any atom is 0.457 e. The van der Waals surface area contributed by atoms with Gasteiger partial charge in [0.2, 0.25) is 5.91 Å². The van der Waals surface area contributed by atoms with Crippen LogP contribution in [0.1, 0.15) is 94.6 Å². The molecule has 12 nitrogen and oxygen atoms in total. The van der Waals surface area contributed by atoms with Gasteiger partial charge in [-0.25, -0.2) is 14.4 Å². The molecule has 3 amide bonds. The van der Waals surface area contributed by atoms with Crippen LogP contribution in [0.3, 0.4) is 0 Å². The zero-order valence-corrected chi connectivity index (χ0v) is 29.4. The monoisotopic (exact) mass is 647 g/mol. The Morgan fingerprint density at radius 3 is 1.96 bits per heavy atom. The van der Waals surface area contributed by atoms with E-state index in [0.717, 1.165) is 5.56 Å². The van der Waals surface area contributed by atoms with Crippen LogP contribution in [0.25, 0.3) is 0 Å². The smallest absolute Gasteiger partial charge is 0.457 e. The Hall–Kier alpha value is -3.32. The van der Waals surface area contributed by atoms with Gasteiger partial charge in [-0.15, -0.1) is 0 Å². The van der Waals surface area contributed by atoms with Gasteiger partial charge < -0.3 is 39.5 Å². The second-order valence-corrected chi connectivity index (χ2v) is 14.7. The fraction of sp³-hybridized carbons (Fsp3) is 0.697. The van der Waals surface area contributed by atoms with E-state index in [0.29, 0.717) is 19.2 Å². The fourth-order valence-corrected chi connectivity index (χ4v) is 4.58. The molecule has 1 fully saturated rings. The average Bonchev–Trinajstić information content (AvgIpc) is 3.11. The van der Waals surface area contributed by atoms with Gasteiger partial charge in [0.1, 0.15) is 29.9 Å². The van der Waals surface area contributed by atoms with E-state index in [4.69, 9.17) is 23.5 Å². The van der Waals surface area contributed by atoms with Gasteiger partial charge in [0.25, 0.3) is 0 Å². The number of ether oxygens (including phenoxy) is 3. The molecule has 0 radical (unpaired) electrons. The maximum atomic E-state index is 13.5. The molecule has 1 aliphatic rings. The van der Waals surface area contributed by atoms with Crippen LogP contribution in [0, 0.1) is 5.92 Å². The van der Waals surface area contributed by atoms with Crippen molar-refractivity contribution in [2.45, 2.75) is 136 Å². The van der Waals surface area contributed by atoms with Crippen molar-refractivity contribution in [1.29, 1.82) is 0 Å². The molecule has 1 heterocycles. The number of benzene rings is 1. The molecule has 2 rings (SSSR count). The standard InChI is InChI=1S/C33H54BN3O9/c1-22(36-29(41)44-31(5,6)7)26(38)35-20-24(18-15-19-34-45-32(8,9)33(10,11)46-34)25(27(39)43-30(2,3)4)37-28(40)42-21-23-16-13-12-14-17-23/h12-14,16-17,22,24-25H,15,18-21H2,1-11H3,(H,35,38)(H,36,41)(H,37,40)/t22-,24-,25-/m0/s1. The van der Waals surface area contributed by atoms with Gasteiger partial charge in [-0.1, -0.05) is 36.8 Å². The molecule has 0 aliphatic carbocycles. The van der Waals surface area contributed by atoms with E-state index in [1.54, 1.807) is 41.5 Å². The second-order valence-electron chi connectivity index (χ2n) is 14.7. The van der Waals surface area contributed by atoms with Gasteiger partial charge in [0.15, 0.2) is 0 Å². The lowest BCUT2D eigenvalue weighted by Crippen LogP contribution is -2.53. The van der Waals surface area contributed by atoms with Crippen LogP contribution in [-0.2, 0) is 39.7 Å². The summed E-state index contributed by atoms with van der Waals surface area (Å²) in [7, 11) is -0.456. The number of hydrogen-bond acceptors (Lipinski definition) is 9. The molecule has 0 unspecified atom stereocenters. The van der Waals surface area contributed by atoms with Crippen molar-refractivity contribution in [1.82, 2.24) is 16.0 Å². The minimum atomic E-state index is -1.16. The summed E-state index contributed by atoms with van der Waals surface area (Å²) >= 11 is 0. The minimum absolute atomic E-state index is 0.00485. The molecule has 0 aromatic heterocycles. The summed E-state index contributed by atoms with van der Waals surface area (Å²) in [5, 5.41) is 8.01. The molecule has 13 heteroatoms. The van der Waals surface area contributed by atoms with E-state index < -0.39 is 71.6 Å².